The second kappa shape index (κ2) is 5.40. The maximum absolute atomic E-state index is 5.81. The van der Waals surface area contributed by atoms with Gasteiger partial charge < -0.3 is 4.74 Å². The third kappa shape index (κ3) is 2.40. The molecule has 7 heteroatoms. The highest BCUT2D eigenvalue weighted by atomic mass is 79.9. The number of nitrogens with two attached hydrogens (primary N) is 1. The SMILES string of the molecule is NNc1ncc(Br)c(Oc2cccc3cccnc23)n1. The second-order valence-corrected chi connectivity index (χ2v) is 4.78. The monoisotopic (exact) mass is 331 g/mol. The fourth-order valence-electron chi connectivity index (χ4n) is 1.76. The molecule has 100 valence electrons. The van der Waals surface area contributed by atoms with Crippen LogP contribution in [0.25, 0.3) is 10.9 Å². The van der Waals surface area contributed by atoms with Crippen molar-refractivity contribution in [3.63, 3.8) is 0 Å². The minimum atomic E-state index is 0.274. The number of benzene rings is 1. The molecule has 20 heavy (non-hydrogen) atoms. The van der Waals surface area contributed by atoms with E-state index >= 15 is 0 Å². The number of pyridine rings is 1. The van der Waals surface area contributed by atoms with Crippen molar-refractivity contribution in [2.24, 2.45) is 5.84 Å². The number of ether oxygens (including phenoxy) is 1. The van der Waals surface area contributed by atoms with Crippen LogP contribution in [-0.2, 0) is 0 Å². The molecule has 0 amide bonds. The second-order valence-electron chi connectivity index (χ2n) is 3.92. The number of para-hydroxylation sites is 1. The predicted octanol–water partition coefficient (Wildman–Crippen LogP) is 2.87. The van der Waals surface area contributed by atoms with Crippen molar-refractivity contribution in [3.8, 4) is 11.6 Å². The highest BCUT2D eigenvalue weighted by Gasteiger charge is 2.10. The number of hydrazine groups is 1. The molecule has 3 rings (SSSR count). The third-order valence-corrected chi connectivity index (χ3v) is 3.19. The van der Waals surface area contributed by atoms with Gasteiger partial charge in [-0.05, 0) is 28.1 Å². The normalized spacial score (nSPS) is 10.5. The first-order valence-electron chi connectivity index (χ1n) is 5.78. The zero-order chi connectivity index (χ0) is 13.9. The Balaban J connectivity index is 2.05. The van der Waals surface area contributed by atoms with Gasteiger partial charge in [0.2, 0.25) is 11.8 Å². The largest absolute Gasteiger partial charge is 0.435 e. The molecule has 0 aliphatic carbocycles. The molecule has 6 nitrogen and oxygen atoms in total. The Hall–Kier alpha value is -2.25. The molecule has 0 spiro atoms. The van der Waals surface area contributed by atoms with Crippen LogP contribution in [0.1, 0.15) is 0 Å². The Kier molecular flexibility index (Phi) is 3.44. The number of rotatable bonds is 3. The fraction of sp³-hybridized carbons (Fsp3) is 0. The smallest absolute Gasteiger partial charge is 0.240 e. The van der Waals surface area contributed by atoms with E-state index in [1.165, 1.54) is 0 Å². The van der Waals surface area contributed by atoms with Gasteiger partial charge in [-0.25, -0.2) is 10.8 Å². The van der Waals surface area contributed by atoms with Crippen LogP contribution in [-0.4, -0.2) is 15.0 Å². The lowest BCUT2D eigenvalue weighted by Crippen LogP contribution is -2.10. The molecule has 0 fully saturated rings. The van der Waals surface area contributed by atoms with Gasteiger partial charge in [0.15, 0.2) is 5.75 Å². The highest BCUT2D eigenvalue weighted by molar-refractivity contribution is 9.10. The van der Waals surface area contributed by atoms with Crippen molar-refractivity contribution in [3.05, 3.63) is 47.2 Å². The minimum absolute atomic E-state index is 0.274. The molecule has 0 atom stereocenters. The van der Waals surface area contributed by atoms with E-state index in [-0.39, 0.29) is 5.95 Å². The molecular weight excluding hydrogens is 322 g/mol. The first-order chi connectivity index (χ1) is 9.78. The number of hydrogen-bond donors (Lipinski definition) is 2. The molecule has 0 radical (unpaired) electrons. The third-order valence-electron chi connectivity index (χ3n) is 2.64. The summed E-state index contributed by atoms with van der Waals surface area (Å²) in [5.74, 6) is 6.55. The quantitative estimate of drug-likeness (QED) is 0.567. The van der Waals surface area contributed by atoms with E-state index in [2.05, 4.69) is 36.3 Å². The molecule has 0 aliphatic heterocycles. The van der Waals surface area contributed by atoms with E-state index in [1.807, 2.05) is 30.3 Å². The lowest BCUT2D eigenvalue weighted by Gasteiger charge is -2.09. The topological polar surface area (TPSA) is 86.0 Å². The number of nitrogens with zero attached hydrogens (tertiary/aromatic N) is 3. The number of fused-ring (bicyclic) bond motifs is 1. The summed E-state index contributed by atoms with van der Waals surface area (Å²) < 4.78 is 6.44. The van der Waals surface area contributed by atoms with Crippen LogP contribution in [0.2, 0.25) is 0 Å². The van der Waals surface area contributed by atoms with Gasteiger partial charge in [0.05, 0.1) is 10.7 Å². The van der Waals surface area contributed by atoms with Gasteiger partial charge in [0.25, 0.3) is 0 Å². The Morgan fingerprint density at radius 2 is 2.00 bits per heavy atom. The van der Waals surface area contributed by atoms with Gasteiger partial charge in [-0.2, -0.15) is 4.98 Å². The first-order valence-corrected chi connectivity index (χ1v) is 6.58. The van der Waals surface area contributed by atoms with Gasteiger partial charge in [-0.3, -0.25) is 10.4 Å². The van der Waals surface area contributed by atoms with Crippen LogP contribution < -0.4 is 16.0 Å². The lowest BCUT2D eigenvalue weighted by atomic mass is 10.2. The average Bonchev–Trinajstić information content (AvgIpc) is 2.50. The highest BCUT2D eigenvalue weighted by Crippen LogP contribution is 2.31. The molecular formula is C13H10BrN5O. The maximum atomic E-state index is 5.81. The van der Waals surface area contributed by atoms with Gasteiger partial charge in [0, 0.05) is 11.6 Å². The van der Waals surface area contributed by atoms with Crippen LogP contribution in [0, 0.1) is 0 Å². The summed E-state index contributed by atoms with van der Waals surface area (Å²) in [5, 5.41) is 0.993. The number of halogens is 1. The lowest BCUT2D eigenvalue weighted by molar-refractivity contribution is 0.463. The van der Waals surface area contributed by atoms with Crippen molar-refractivity contribution in [2.45, 2.75) is 0 Å². The average molecular weight is 332 g/mol. The molecule has 2 heterocycles. The van der Waals surface area contributed by atoms with Crippen molar-refractivity contribution >= 4 is 32.8 Å². The van der Waals surface area contributed by atoms with E-state index in [0.29, 0.717) is 16.1 Å². The zero-order valence-electron chi connectivity index (χ0n) is 10.2. The van der Waals surface area contributed by atoms with Crippen molar-refractivity contribution in [1.82, 2.24) is 15.0 Å². The first kappa shape index (κ1) is 12.8. The molecule has 0 aliphatic rings. The van der Waals surface area contributed by atoms with Crippen molar-refractivity contribution in [1.29, 1.82) is 0 Å². The van der Waals surface area contributed by atoms with Crippen LogP contribution >= 0.6 is 15.9 Å². The van der Waals surface area contributed by atoms with Gasteiger partial charge in [-0.15, -0.1) is 0 Å². The Bertz CT molecular complexity index is 759. The number of nitrogens with one attached hydrogen (secondary N) is 1. The summed E-state index contributed by atoms with van der Waals surface area (Å²) in [6.45, 7) is 0. The molecule has 0 saturated carbocycles. The Morgan fingerprint density at radius 3 is 2.85 bits per heavy atom. The summed E-state index contributed by atoms with van der Waals surface area (Å²) in [4.78, 5) is 12.4. The summed E-state index contributed by atoms with van der Waals surface area (Å²) in [6.07, 6.45) is 3.28. The molecule has 1 aromatic carbocycles. The van der Waals surface area contributed by atoms with Crippen LogP contribution in [0.15, 0.2) is 47.2 Å². The number of anilines is 1. The minimum Gasteiger partial charge on any atom is -0.435 e. The molecule has 3 N–H and O–H groups in total. The number of hydrogen-bond acceptors (Lipinski definition) is 6. The molecule has 0 unspecified atom stereocenters. The van der Waals surface area contributed by atoms with Gasteiger partial charge >= 0.3 is 0 Å². The summed E-state index contributed by atoms with van der Waals surface area (Å²) >= 11 is 3.34. The fourth-order valence-corrected chi connectivity index (χ4v) is 2.03. The summed E-state index contributed by atoms with van der Waals surface area (Å²) in [6, 6.07) is 9.55. The van der Waals surface area contributed by atoms with Crippen LogP contribution in [0.5, 0.6) is 11.6 Å². The standard InChI is InChI=1S/C13H10BrN5O/c14-9-7-17-13(19-15)18-12(9)20-10-5-1-3-8-4-2-6-16-11(8)10/h1-7H,15H2,(H,17,18,19). The maximum Gasteiger partial charge on any atom is 0.240 e. The number of aromatic nitrogens is 3. The van der Waals surface area contributed by atoms with Gasteiger partial charge in [0.1, 0.15) is 5.52 Å². The van der Waals surface area contributed by atoms with Crippen LogP contribution in [0.4, 0.5) is 5.95 Å². The van der Waals surface area contributed by atoms with E-state index in [1.54, 1.807) is 12.4 Å². The van der Waals surface area contributed by atoms with Crippen LogP contribution in [0.3, 0.4) is 0 Å². The molecule has 2 aromatic heterocycles. The summed E-state index contributed by atoms with van der Waals surface area (Å²) in [5.41, 5.74) is 3.15. The zero-order valence-corrected chi connectivity index (χ0v) is 11.8. The molecule has 0 bridgehead atoms. The number of nitrogen functional groups attached to an aromatic ring is 1. The molecule has 3 aromatic rings. The summed E-state index contributed by atoms with van der Waals surface area (Å²) in [7, 11) is 0. The Morgan fingerprint density at radius 1 is 1.15 bits per heavy atom. The van der Waals surface area contributed by atoms with E-state index in [9.17, 15) is 0 Å². The predicted molar refractivity (Wildman–Crippen MR) is 79.4 cm³/mol. The molecule has 0 saturated heterocycles. The van der Waals surface area contributed by atoms with Gasteiger partial charge in [-0.1, -0.05) is 18.2 Å². The van der Waals surface area contributed by atoms with E-state index < -0.39 is 0 Å². The van der Waals surface area contributed by atoms with Crippen molar-refractivity contribution in [2.75, 3.05) is 5.43 Å². The van der Waals surface area contributed by atoms with E-state index in [0.717, 1.165) is 10.9 Å². The van der Waals surface area contributed by atoms with E-state index in [4.69, 9.17) is 10.6 Å². The van der Waals surface area contributed by atoms with Crippen molar-refractivity contribution < 1.29 is 4.74 Å². The Labute approximate surface area is 123 Å².